The maximum atomic E-state index is 11.3. The molecule has 102 valence electrons. The Labute approximate surface area is 103 Å². The Morgan fingerprint density at radius 3 is 2.06 bits per heavy atom. The Morgan fingerprint density at radius 2 is 1.82 bits per heavy atom. The number of hydrogen-bond donors (Lipinski definition) is 1. The molecule has 0 heterocycles. The summed E-state index contributed by atoms with van der Waals surface area (Å²) in [4.78, 5) is 11.3. The van der Waals surface area contributed by atoms with E-state index in [-0.39, 0.29) is 17.3 Å². The summed E-state index contributed by atoms with van der Waals surface area (Å²) in [5.74, 6) is -1.62. The highest BCUT2D eigenvalue weighted by Crippen LogP contribution is 2.28. The molecule has 0 aliphatic carbocycles. The van der Waals surface area contributed by atoms with Gasteiger partial charge in [-0.05, 0) is 6.42 Å². The van der Waals surface area contributed by atoms with Crippen LogP contribution >= 0.6 is 0 Å². The van der Waals surface area contributed by atoms with Gasteiger partial charge in [0.25, 0.3) is 10.1 Å². The number of hydrogen-bond acceptors (Lipinski definition) is 4. The number of likely N-dealkylation sites (N-methyl/N-ethyl adjacent to an activating group) is 1. The normalized spacial score (nSPS) is 16.5. The second kappa shape index (κ2) is 5.32. The van der Waals surface area contributed by atoms with Crippen LogP contribution in [-0.2, 0) is 14.9 Å². The number of carboxylic acid groups (broad SMARTS) is 1. The summed E-state index contributed by atoms with van der Waals surface area (Å²) >= 11 is 0. The molecule has 0 rings (SSSR count). The summed E-state index contributed by atoms with van der Waals surface area (Å²) in [5.41, 5.74) is -1.13. The Kier molecular flexibility index (Phi) is 5.12. The third-order valence-electron chi connectivity index (χ3n) is 3.24. The third kappa shape index (κ3) is 4.25. The molecule has 0 spiro atoms. The largest absolute Gasteiger partial charge is 0.544 e. The molecule has 1 atom stereocenters. The van der Waals surface area contributed by atoms with Gasteiger partial charge in [-0.25, -0.2) is 0 Å². The van der Waals surface area contributed by atoms with Gasteiger partial charge >= 0.3 is 0 Å². The second-order valence-corrected chi connectivity index (χ2v) is 6.65. The Morgan fingerprint density at radius 1 is 1.35 bits per heavy atom. The highest BCUT2D eigenvalue weighted by atomic mass is 32.2. The van der Waals surface area contributed by atoms with E-state index in [1.165, 1.54) is 0 Å². The van der Waals surface area contributed by atoms with Crippen LogP contribution in [0, 0.1) is 0 Å². The molecule has 6 nitrogen and oxygen atoms in total. The fourth-order valence-electron chi connectivity index (χ4n) is 2.05. The van der Waals surface area contributed by atoms with E-state index in [1.54, 1.807) is 28.1 Å². The average molecular weight is 267 g/mol. The second-order valence-electron chi connectivity index (χ2n) is 5.07. The first-order valence-corrected chi connectivity index (χ1v) is 7.05. The van der Waals surface area contributed by atoms with Crippen molar-refractivity contribution in [2.45, 2.75) is 31.7 Å². The first kappa shape index (κ1) is 16.3. The quantitative estimate of drug-likeness (QED) is 0.484. The lowest BCUT2D eigenvalue weighted by molar-refractivity contribution is -0.917. The Balaban J connectivity index is 4.91. The minimum atomic E-state index is -4.05. The standard InChI is InChI=1S/C10H21NO5S/c1-5-10(9(12)13,11(2,3)4)7-6-8-17(14,15)16/h5-8H2,1-4H3,(H-,12,13,14,15,16). The Bertz CT molecular complexity index is 371. The van der Waals surface area contributed by atoms with E-state index in [0.29, 0.717) is 6.42 Å². The predicted octanol–water partition coefficient (Wildman–Crippen LogP) is -0.741. The first-order chi connectivity index (χ1) is 7.46. The molecule has 0 aromatic heterocycles. The molecule has 0 bridgehead atoms. The van der Waals surface area contributed by atoms with Gasteiger partial charge in [0.2, 0.25) is 0 Å². The SMILES string of the molecule is CCC(CCCS(=O)(=O)O)(C(=O)[O-])[N+](C)(C)C. The van der Waals surface area contributed by atoms with Crippen LogP contribution < -0.4 is 5.11 Å². The zero-order chi connectivity index (χ0) is 13.9. The molecular formula is C10H21NO5S. The fraction of sp³-hybridized carbons (Fsp3) is 0.900. The van der Waals surface area contributed by atoms with Crippen LogP contribution in [0.2, 0.25) is 0 Å². The lowest BCUT2D eigenvalue weighted by Gasteiger charge is -2.46. The highest BCUT2D eigenvalue weighted by molar-refractivity contribution is 7.85. The van der Waals surface area contributed by atoms with Gasteiger partial charge in [0.05, 0.1) is 26.9 Å². The lowest BCUT2D eigenvalue weighted by Crippen LogP contribution is -2.65. The fourth-order valence-corrected chi connectivity index (χ4v) is 2.56. The van der Waals surface area contributed by atoms with Crippen LogP contribution in [-0.4, -0.2) is 55.9 Å². The van der Waals surface area contributed by atoms with E-state index < -0.39 is 27.4 Å². The molecule has 0 aromatic carbocycles. The summed E-state index contributed by atoms with van der Waals surface area (Å²) < 4.78 is 30.0. The van der Waals surface area contributed by atoms with E-state index >= 15 is 0 Å². The molecule has 0 fully saturated rings. The molecule has 7 heteroatoms. The zero-order valence-corrected chi connectivity index (χ0v) is 11.6. The minimum Gasteiger partial charge on any atom is -0.544 e. The van der Waals surface area contributed by atoms with Crippen molar-refractivity contribution in [3.8, 4) is 0 Å². The van der Waals surface area contributed by atoms with Crippen molar-refractivity contribution < 1.29 is 27.4 Å². The number of nitrogens with zero attached hydrogens (tertiary/aromatic N) is 1. The van der Waals surface area contributed by atoms with Crippen molar-refractivity contribution in [3.63, 3.8) is 0 Å². The molecular weight excluding hydrogens is 246 g/mol. The number of carbonyl (C=O) groups excluding carboxylic acids is 1. The van der Waals surface area contributed by atoms with E-state index in [9.17, 15) is 18.3 Å². The summed E-state index contributed by atoms with van der Waals surface area (Å²) in [7, 11) is 1.14. The van der Waals surface area contributed by atoms with Gasteiger partial charge in [-0.15, -0.1) is 0 Å². The molecule has 0 saturated carbocycles. The van der Waals surface area contributed by atoms with Crippen LogP contribution in [0.15, 0.2) is 0 Å². The number of rotatable bonds is 7. The molecule has 0 aromatic rings. The van der Waals surface area contributed by atoms with Gasteiger partial charge in [0, 0.05) is 12.8 Å². The van der Waals surface area contributed by atoms with Gasteiger partial charge < -0.3 is 14.4 Å². The van der Waals surface area contributed by atoms with Crippen molar-refractivity contribution in [1.29, 1.82) is 0 Å². The van der Waals surface area contributed by atoms with Crippen LogP contribution in [0.25, 0.3) is 0 Å². The third-order valence-corrected chi connectivity index (χ3v) is 4.05. The predicted molar refractivity (Wildman–Crippen MR) is 61.7 cm³/mol. The van der Waals surface area contributed by atoms with Crippen molar-refractivity contribution >= 4 is 16.1 Å². The minimum absolute atomic E-state index is 0.0934. The van der Waals surface area contributed by atoms with Crippen molar-refractivity contribution in [3.05, 3.63) is 0 Å². The van der Waals surface area contributed by atoms with Crippen LogP contribution in [0.1, 0.15) is 26.2 Å². The van der Waals surface area contributed by atoms with Crippen molar-refractivity contribution in [2.24, 2.45) is 0 Å². The van der Waals surface area contributed by atoms with Crippen molar-refractivity contribution in [1.82, 2.24) is 0 Å². The Hall–Kier alpha value is -0.660. The summed E-state index contributed by atoms with van der Waals surface area (Å²) in [6, 6.07) is 0. The molecule has 0 aliphatic heterocycles. The highest BCUT2D eigenvalue weighted by Gasteiger charge is 2.42. The average Bonchev–Trinajstić information content (AvgIpc) is 2.07. The van der Waals surface area contributed by atoms with Gasteiger partial charge in [-0.3, -0.25) is 4.55 Å². The summed E-state index contributed by atoms with van der Waals surface area (Å²) in [6.07, 6.45) is 0.579. The summed E-state index contributed by atoms with van der Waals surface area (Å²) in [5, 5.41) is 11.3. The molecule has 17 heavy (non-hydrogen) atoms. The van der Waals surface area contributed by atoms with E-state index in [2.05, 4.69) is 0 Å². The smallest absolute Gasteiger partial charge is 0.264 e. The molecule has 0 saturated heterocycles. The zero-order valence-electron chi connectivity index (χ0n) is 10.8. The van der Waals surface area contributed by atoms with Crippen molar-refractivity contribution in [2.75, 3.05) is 26.9 Å². The number of aliphatic carboxylic acids is 1. The maximum Gasteiger partial charge on any atom is 0.264 e. The van der Waals surface area contributed by atoms with Gasteiger partial charge in [0.15, 0.2) is 0 Å². The van der Waals surface area contributed by atoms with Gasteiger partial charge in [0.1, 0.15) is 11.5 Å². The molecule has 0 amide bonds. The first-order valence-electron chi connectivity index (χ1n) is 5.44. The molecule has 0 radical (unpaired) electrons. The molecule has 1 unspecified atom stereocenters. The van der Waals surface area contributed by atoms with E-state index in [4.69, 9.17) is 4.55 Å². The number of carboxylic acids is 1. The van der Waals surface area contributed by atoms with Gasteiger partial charge in [-0.1, -0.05) is 6.92 Å². The molecule has 0 aliphatic rings. The monoisotopic (exact) mass is 267 g/mol. The summed E-state index contributed by atoms with van der Waals surface area (Å²) in [6.45, 7) is 1.73. The number of quaternary nitrogens is 1. The van der Waals surface area contributed by atoms with E-state index in [1.807, 2.05) is 0 Å². The maximum absolute atomic E-state index is 11.3. The van der Waals surface area contributed by atoms with Crippen LogP contribution in [0.4, 0.5) is 0 Å². The van der Waals surface area contributed by atoms with Gasteiger partial charge in [-0.2, -0.15) is 8.42 Å². The lowest BCUT2D eigenvalue weighted by atomic mass is 9.87. The van der Waals surface area contributed by atoms with E-state index in [0.717, 1.165) is 0 Å². The molecule has 1 N–H and O–H groups in total. The van der Waals surface area contributed by atoms with Crippen LogP contribution in [0.5, 0.6) is 0 Å². The van der Waals surface area contributed by atoms with Crippen LogP contribution in [0.3, 0.4) is 0 Å². The number of carbonyl (C=O) groups is 1. The topological polar surface area (TPSA) is 94.5 Å².